The Hall–Kier alpha value is -0.410. The van der Waals surface area contributed by atoms with Crippen LogP contribution in [0.4, 0.5) is 0 Å². The molecule has 0 saturated heterocycles. The second-order valence-electron chi connectivity index (χ2n) is 3.87. The van der Waals surface area contributed by atoms with Gasteiger partial charge in [-0.1, -0.05) is 29.8 Å². The maximum absolute atomic E-state index is 6.34. The Labute approximate surface area is 110 Å². The van der Waals surface area contributed by atoms with Crippen LogP contribution in [-0.2, 0) is 0 Å². The van der Waals surface area contributed by atoms with E-state index in [4.69, 9.17) is 21.1 Å². The summed E-state index contributed by atoms with van der Waals surface area (Å²) in [7, 11) is 3.23. The van der Waals surface area contributed by atoms with Crippen molar-refractivity contribution in [3.05, 3.63) is 22.2 Å². The molecule has 0 aliphatic carbocycles. The fourth-order valence-corrected chi connectivity index (χ4v) is 2.32. The highest BCUT2D eigenvalue weighted by Gasteiger charge is 2.18. The maximum atomic E-state index is 6.34. The fourth-order valence-electron chi connectivity index (χ4n) is 1.44. The number of methoxy groups -OCH3 is 2. The summed E-state index contributed by atoms with van der Waals surface area (Å²) in [5.41, 5.74) is 1.02. The van der Waals surface area contributed by atoms with E-state index in [2.05, 4.69) is 29.8 Å². The summed E-state index contributed by atoms with van der Waals surface area (Å²) in [4.78, 5) is 0. The molecule has 1 aromatic rings. The van der Waals surface area contributed by atoms with Crippen molar-refractivity contribution in [1.82, 2.24) is 0 Å². The van der Waals surface area contributed by atoms with Crippen molar-refractivity contribution in [2.24, 2.45) is 5.92 Å². The number of benzene rings is 1. The van der Waals surface area contributed by atoms with Gasteiger partial charge in [-0.3, -0.25) is 0 Å². The molecule has 0 bridgehead atoms. The highest BCUT2D eigenvalue weighted by atomic mass is 79.9. The lowest BCUT2D eigenvalue weighted by Gasteiger charge is -2.18. The van der Waals surface area contributed by atoms with E-state index in [1.165, 1.54) is 0 Å². The predicted molar refractivity (Wildman–Crippen MR) is 70.7 cm³/mol. The molecule has 1 atom stereocenters. The normalized spacial score (nSPS) is 12.7. The molecule has 0 radical (unpaired) electrons. The molecule has 0 amide bonds. The van der Waals surface area contributed by atoms with Gasteiger partial charge >= 0.3 is 0 Å². The van der Waals surface area contributed by atoms with Crippen molar-refractivity contribution >= 4 is 27.5 Å². The third-order valence-corrected chi connectivity index (χ3v) is 3.81. The Morgan fingerprint density at radius 2 is 1.62 bits per heavy atom. The molecule has 1 aromatic carbocycles. The lowest BCUT2D eigenvalue weighted by Crippen LogP contribution is -2.02. The van der Waals surface area contributed by atoms with Crippen molar-refractivity contribution in [3.63, 3.8) is 0 Å². The van der Waals surface area contributed by atoms with Gasteiger partial charge in [-0.05, 0) is 23.6 Å². The quantitative estimate of drug-likeness (QED) is 0.768. The van der Waals surface area contributed by atoms with E-state index < -0.39 is 0 Å². The van der Waals surface area contributed by atoms with Gasteiger partial charge in [0.2, 0.25) is 0 Å². The SMILES string of the molecule is COc1cc(Br)c(C(Cl)C(C)C)cc1OC. The predicted octanol–water partition coefficient (Wildman–Crippen LogP) is 4.40. The molecule has 0 aromatic heterocycles. The number of alkyl halides is 1. The van der Waals surface area contributed by atoms with E-state index in [-0.39, 0.29) is 5.38 Å². The third kappa shape index (κ3) is 2.83. The summed E-state index contributed by atoms with van der Waals surface area (Å²) in [5.74, 6) is 1.76. The second-order valence-corrected chi connectivity index (χ2v) is 5.20. The average Bonchev–Trinajstić information content (AvgIpc) is 2.27. The summed E-state index contributed by atoms with van der Waals surface area (Å²) >= 11 is 9.84. The largest absolute Gasteiger partial charge is 0.493 e. The van der Waals surface area contributed by atoms with E-state index in [9.17, 15) is 0 Å². The zero-order valence-electron chi connectivity index (χ0n) is 9.88. The van der Waals surface area contributed by atoms with Gasteiger partial charge in [-0.15, -0.1) is 11.6 Å². The Morgan fingerprint density at radius 1 is 1.12 bits per heavy atom. The minimum absolute atomic E-state index is 0.0471. The monoisotopic (exact) mass is 306 g/mol. The van der Waals surface area contributed by atoms with E-state index in [0.29, 0.717) is 17.4 Å². The van der Waals surface area contributed by atoms with Crippen LogP contribution in [0.25, 0.3) is 0 Å². The van der Waals surface area contributed by atoms with Crippen molar-refractivity contribution in [2.45, 2.75) is 19.2 Å². The molecule has 90 valence electrons. The van der Waals surface area contributed by atoms with E-state index >= 15 is 0 Å². The molecule has 16 heavy (non-hydrogen) atoms. The summed E-state index contributed by atoms with van der Waals surface area (Å²) in [5, 5.41) is -0.0471. The Morgan fingerprint density at radius 3 is 2.06 bits per heavy atom. The van der Waals surface area contributed by atoms with Gasteiger partial charge in [-0.2, -0.15) is 0 Å². The summed E-state index contributed by atoms with van der Waals surface area (Å²) in [6, 6.07) is 3.80. The third-order valence-electron chi connectivity index (χ3n) is 2.39. The van der Waals surface area contributed by atoms with Gasteiger partial charge in [0.05, 0.1) is 19.6 Å². The molecule has 2 nitrogen and oxygen atoms in total. The summed E-state index contributed by atoms with van der Waals surface area (Å²) < 4.78 is 11.4. The Balaban J connectivity index is 3.21. The lowest BCUT2D eigenvalue weighted by molar-refractivity contribution is 0.354. The number of halogens is 2. The minimum Gasteiger partial charge on any atom is -0.493 e. The summed E-state index contributed by atoms with van der Waals surface area (Å²) in [6.07, 6.45) is 0. The smallest absolute Gasteiger partial charge is 0.161 e. The second kappa shape index (κ2) is 5.78. The minimum atomic E-state index is -0.0471. The van der Waals surface area contributed by atoms with Crippen LogP contribution in [0.1, 0.15) is 24.8 Å². The van der Waals surface area contributed by atoms with Crippen LogP contribution in [0.15, 0.2) is 16.6 Å². The average molecular weight is 308 g/mol. The first-order valence-electron chi connectivity index (χ1n) is 5.06. The molecule has 4 heteroatoms. The molecule has 1 unspecified atom stereocenters. The standard InChI is InChI=1S/C12H16BrClO2/c1-7(2)12(14)8-5-10(15-3)11(16-4)6-9(8)13/h5-7,12H,1-4H3. The fraction of sp³-hybridized carbons (Fsp3) is 0.500. The van der Waals surface area contributed by atoms with Crippen LogP contribution in [0.2, 0.25) is 0 Å². The van der Waals surface area contributed by atoms with Crippen LogP contribution in [0, 0.1) is 5.92 Å². The molecular weight excluding hydrogens is 291 g/mol. The van der Waals surface area contributed by atoms with Crippen molar-refractivity contribution < 1.29 is 9.47 Å². The first kappa shape index (κ1) is 13.7. The maximum Gasteiger partial charge on any atom is 0.161 e. The first-order chi connectivity index (χ1) is 7.51. The van der Waals surface area contributed by atoms with Gasteiger partial charge in [0.25, 0.3) is 0 Å². The molecule has 0 aliphatic heterocycles. The Bertz CT molecular complexity index is 366. The van der Waals surface area contributed by atoms with Crippen LogP contribution < -0.4 is 9.47 Å². The highest BCUT2D eigenvalue weighted by molar-refractivity contribution is 9.10. The van der Waals surface area contributed by atoms with Gasteiger partial charge in [0.15, 0.2) is 11.5 Å². The Kier molecular flexibility index (Phi) is 4.93. The molecule has 0 spiro atoms. The van der Waals surface area contributed by atoms with E-state index in [1.807, 2.05) is 12.1 Å². The zero-order chi connectivity index (χ0) is 12.3. The van der Waals surface area contributed by atoms with Crippen LogP contribution in [0.5, 0.6) is 11.5 Å². The molecular formula is C12H16BrClO2. The van der Waals surface area contributed by atoms with Crippen molar-refractivity contribution in [1.29, 1.82) is 0 Å². The van der Waals surface area contributed by atoms with Crippen LogP contribution in [-0.4, -0.2) is 14.2 Å². The number of rotatable bonds is 4. The lowest BCUT2D eigenvalue weighted by atomic mass is 10.0. The van der Waals surface area contributed by atoms with Crippen molar-refractivity contribution in [2.75, 3.05) is 14.2 Å². The van der Waals surface area contributed by atoms with Gasteiger partial charge < -0.3 is 9.47 Å². The molecule has 0 heterocycles. The number of hydrogen-bond donors (Lipinski definition) is 0. The number of hydrogen-bond acceptors (Lipinski definition) is 2. The van der Waals surface area contributed by atoms with Crippen molar-refractivity contribution in [3.8, 4) is 11.5 Å². The molecule has 1 rings (SSSR count). The van der Waals surface area contributed by atoms with Crippen LogP contribution >= 0.6 is 27.5 Å². The van der Waals surface area contributed by atoms with Gasteiger partial charge in [0.1, 0.15) is 0 Å². The zero-order valence-corrected chi connectivity index (χ0v) is 12.2. The first-order valence-corrected chi connectivity index (χ1v) is 6.29. The molecule has 0 fully saturated rings. The molecule has 0 aliphatic rings. The summed E-state index contributed by atoms with van der Waals surface area (Å²) in [6.45, 7) is 4.17. The van der Waals surface area contributed by atoms with E-state index in [0.717, 1.165) is 10.0 Å². The molecule has 0 saturated carbocycles. The van der Waals surface area contributed by atoms with Gasteiger partial charge in [0, 0.05) is 4.47 Å². The number of ether oxygens (including phenoxy) is 2. The van der Waals surface area contributed by atoms with Crippen LogP contribution in [0.3, 0.4) is 0 Å². The van der Waals surface area contributed by atoms with E-state index in [1.54, 1.807) is 14.2 Å². The highest BCUT2D eigenvalue weighted by Crippen LogP contribution is 2.40. The molecule has 0 N–H and O–H groups in total. The van der Waals surface area contributed by atoms with Gasteiger partial charge in [-0.25, -0.2) is 0 Å². The topological polar surface area (TPSA) is 18.5 Å².